The summed E-state index contributed by atoms with van der Waals surface area (Å²) in [5.41, 5.74) is 2.84. The summed E-state index contributed by atoms with van der Waals surface area (Å²) in [5, 5.41) is 7.10. The number of nitrogens with one attached hydrogen (secondary N) is 2. The van der Waals surface area contributed by atoms with E-state index in [1.807, 2.05) is 24.3 Å². The molecule has 34 heavy (non-hydrogen) atoms. The summed E-state index contributed by atoms with van der Waals surface area (Å²) in [7, 11) is -3.54. The van der Waals surface area contributed by atoms with E-state index in [0.29, 0.717) is 48.6 Å². The van der Waals surface area contributed by atoms with Crippen molar-refractivity contribution in [3.8, 4) is 12.3 Å². The summed E-state index contributed by atoms with van der Waals surface area (Å²) >= 11 is 1.39. The molecule has 5 rings (SSSR count). The molecule has 0 spiro atoms. The van der Waals surface area contributed by atoms with Gasteiger partial charge in [-0.05, 0) is 42.5 Å². The van der Waals surface area contributed by atoms with Gasteiger partial charge in [-0.25, -0.2) is 18.4 Å². The molecule has 0 saturated carbocycles. The molecule has 4 aromatic rings. The number of anilines is 4. The topological polar surface area (TPSA) is 109 Å². The van der Waals surface area contributed by atoms with Crippen LogP contribution < -0.4 is 10.6 Å². The van der Waals surface area contributed by atoms with Gasteiger partial charge in [0.2, 0.25) is 10.0 Å². The zero-order valence-corrected chi connectivity index (χ0v) is 19.6. The Morgan fingerprint density at radius 2 is 1.82 bits per heavy atom. The molecular weight excluding hydrogens is 472 g/mol. The lowest BCUT2D eigenvalue weighted by atomic mass is 10.2. The average molecular weight is 493 g/mol. The van der Waals surface area contributed by atoms with E-state index in [2.05, 4.69) is 31.5 Å². The Kier molecular flexibility index (Phi) is 6.12. The number of thiazole rings is 1. The summed E-state index contributed by atoms with van der Waals surface area (Å²) in [6, 6.07) is 14.1. The smallest absolute Gasteiger partial charge is 0.243 e. The molecule has 1 aliphatic rings. The van der Waals surface area contributed by atoms with Gasteiger partial charge in [0.15, 0.2) is 16.6 Å². The number of hydrogen-bond donors (Lipinski definition) is 2. The molecule has 11 heteroatoms. The average Bonchev–Trinajstić information content (AvgIpc) is 3.28. The van der Waals surface area contributed by atoms with E-state index in [9.17, 15) is 8.42 Å². The lowest BCUT2D eigenvalue weighted by Gasteiger charge is -2.26. The van der Waals surface area contributed by atoms with Crippen molar-refractivity contribution in [1.82, 2.24) is 19.3 Å². The fraction of sp³-hybridized carbons (Fsp3) is 0.174. The summed E-state index contributed by atoms with van der Waals surface area (Å²) in [4.78, 5) is 13.4. The van der Waals surface area contributed by atoms with Crippen LogP contribution in [0.1, 0.15) is 5.56 Å². The number of aromatic nitrogens is 3. The fourth-order valence-corrected chi connectivity index (χ4v) is 5.78. The molecular formula is C23H20N6O3S2. The Labute approximate surface area is 200 Å². The van der Waals surface area contributed by atoms with Crippen molar-refractivity contribution < 1.29 is 13.2 Å². The van der Waals surface area contributed by atoms with E-state index < -0.39 is 10.0 Å². The highest BCUT2D eigenvalue weighted by Gasteiger charge is 2.26. The van der Waals surface area contributed by atoms with Crippen molar-refractivity contribution in [3.05, 3.63) is 60.4 Å². The zero-order valence-electron chi connectivity index (χ0n) is 17.9. The number of benzene rings is 2. The molecule has 0 atom stereocenters. The van der Waals surface area contributed by atoms with Gasteiger partial charge in [-0.2, -0.15) is 9.29 Å². The van der Waals surface area contributed by atoms with Crippen LogP contribution in [0, 0.1) is 12.3 Å². The van der Waals surface area contributed by atoms with Crippen LogP contribution in [0.5, 0.6) is 0 Å². The van der Waals surface area contributed by atoms with Crippen molar-refractivity contribution in [1.29, 1.82) is 0 Å². The van der Waals surface area contributed by atoms with E-state index in [4.69, 9.17) is 11.2 Å². The number of terminal acetylenes is 1. The molecule has 9 nitrogen and oxygen atoms in total. The third-order valence-corrected chi connectivity index (χ3v) is 8.08. The van der Waals surface area contributed by atoms with Gasteiger partial charge in [-0.15, -0.1) is 6.42 Å². The maximum absolute atomic E-state index is 12.8. The summed E-state index contributed by atoms with van der Waals surface area (Å²) in [6.07, 6.45) is 6.94. The Morgan fingerprint density at radius 3 is 2.59 bits per heavy atom. The first-order valence-electron chi connectivity index (χ1n) is 10.4. The number of sulfonamides is 1. The van der Waals surface area contributed by atoms with Gasteiger partial charge in [-0.1, -0.05) is 23.3 Å². The third kappa shape index (κ3) is 4.57. The van der Waals surface area contributed by atoms with Gasteiger partial charge < -0.3 is 15.4 Å². The van der Waals surface area contributed by atoms with Crippen molar-refractivity contribution in [3.63, 3.8) is 0 Å². The van der Waals surface area contributed by atoms with Crippen molar-refractivity contribution in [2.45, 2.75) is 4.90 Å². The summed E-state index contributed by atoms with van der Waals surface area (Å²) < 4.78 is 33.1. The molecule has 1 saturated heterocycles. The highest BCUT2D eigenvalue weighted by molar-refractivity contribution is 7.89. The molecule has 2 aromatic carbocycles. The molecule has 2 aromatic heterocycles. The fourth-order valence-electron chi connectivity index (χ4n) is 3.49. The van der Waals surface area contributed by atoms with Crippen LogP contribution in [0.25, 0.3) is 10.3 Å². The molecule has 3 heterocycles. The van der Waals surface area contributed by atoms with Crippen molar-refractivity contribution in [2.75, 3.05) is 36.9 Å². The first kappa shape index (κ1) is 22.2. The second-order valence-electron chi connectivity index (χ2n) is 7.41. The first-order chi connectivity index (χ1) is 16.5. The monoisotopic (exact) mass is 492 g/mol. The van der Waals surface area contributed by atoms with Crippen LogP contribution in [0.2, 0.25) is 0 Å². The molecule has 0 bridgehead atoms. The second kappa shape index (κ2) is 9.36. The number of morpholine rings is 1. The van der Waals surface area contributed by atoms with E-state index in [1.54, 1.807) is 24.3 Å². The van der Waals surface area contributed by atoms with E-state index >= 15 is 0 Å². The minimum absolute atomic E-state index is 0.246. The van der Waals surface area contributed by atoms with Gasteiger partial charge in [0.25, 0.3) is 0 Å². The summed E-state index contributed by atoms with van der Waals surface area (Å²) in [5.74, 6) is 3.24. The van der Waals surface area contributed by atoms with Crippen LogP contribution in [-0.4, -0.2) is 54.0 Å². The summed E-state index contributed by atoms with van der Waals surface area (Å²) in [6.45, 7) is 1.54. The van der Waals surface area contributed by atoms with Crippen LogP contribution in [0.4, 0.5) is 22.3 Å². The number of nitrogens with zero attached hydrogens (tertiary/aromatic N) is 4. The largest absolute Gasteiger partial charge is 0.379 e. The number of rotatable bonds is 6. The first-order valence-corrected chi connectivity index (χ1v) is 12.7. The minimum atomic E-state index is -3.54. The van der Waals surface area contributed by atoms with Gasteiger partial charge in [-0.3, -0.25) is 0 Å². The normalized spacial score (nSPS) is 14.6. The van der Waals surface area contributed by atoms with Gasteiger partial charge in [0.1, 0.15) is 11.0 Å². The molecule has 2 N–H and O–H groups in total. The molecule has 0 amide bonds. The Hall–Kier alpha value is -3.56. The molecule has 0 radical (unpaired) electrons. The lowest BCUT2D eigenvalue weighted by molar-refractivity contribution is 0.0730. The Bertz CT molecular complexity index is 1470. The van der Waals surface area contributed by atoms with Crippen LogP contribution in [0.3, 0.4) is 0 Å². The molecule has 1 fully saturated rings. The lowest BCUT2D eigenvalue weighted by Crippen LogP contribution is -2.40. The minimum Gasteiger partial charge on any atom is -0.379 e. The van der Waals surface area contributed by atoms with Crippen LogP contribution in [0.15, 0.2) is 59.8 Å². The van der Waals surface area contributed by atoms with Gasteiger partial charge in [0.05, 0.1) is 18.1 Å². The molecule has 1 aliphatic heterocycles. The van der Waals surface area contributed by atoms with Crippen molar-refractivity contribution in [2.24, 2.45) is 0 Å². The van der Waals surface area contributed by atoms with Gasteiger partial charge >= 0.3 is 0 Å². The van der Waals surface area contributed by atoms with E-state index in [1.165, 1.54) is 22.0 Å². The van der Waals surface area contributed by atoms with E-state index in [0.717, 1.165) is 16.0 Å². The van der Waals surface area contributed by atoms with Crippen LogP contribution in [-0.2, 0) is 14.8 Å². The number of hydrogen-bond acceptors (Lipinski definition) is 9. The maximum atomic E-state index is 12.8. The number of ether oxygens (including phenoxy) is 1. The van der Waals surface area contributed by atoms with Crippen molar-refractivity contribution >= 4 is 54.0 Å². The number of fused-ring (bicyclic) bond motifs is 1. The highest BCUT2D eigenvalue weighted by Crippen LogP contribution is 2.33. The highest BCUT2D eigenvalue weighted by atomic mass is 32.2. The molecule has 0 aliphatic carbocycles. The Balaban J connectivity index is 1.35. The predicted octanol–water partition coefficient (Wildman–Crippen LogP) is 3.58. The van der Waals surface area contributed by atoms with E-state index in [-0.39, 0.29) is 4.90 Å². The van der Waals surface area contributed by atoms with Gasteiger partial charge in [0, 0.05) is 30.0 Å². The quantitative estimate of drug-likeness (QED) is 0.393. The Morgan fingerprint density at radius 1 is 1.03 bits per heavy atom. The molecule has 172 valence electrons. The molecule has 0 unspecified atom stereocenters. The third-order valence-electron chi connectivity index (χ3n) is 5.20. The SMILES string of the molecule is C#Cc1cccc(Nc2ncnc3nc(Nc4ccc(S(=O)(=O)N5CCOCC5)cc4)sc23)c1. The predicted molar refractivity (Wildman–Crippen MR) is 132 cm³/mol. The standard InChI is InChI=1S/C23H20N6O3S2/c1-2-16-4-3-5-18(14-16)26-21-20-22(25-15-24-21)28-23(33-20)27-17-6-8-19(9-7-17)34(30,31)29-10-12-32-13-11-29/h1,3-9,14-15H,10-13H2,(H2,24,25,26,27,28). The zero-order chi connectivity index (χ0) is 23.5. The second-order valence-corrected chi connectivity index (χ2v) is 10.3. The van der Waals surface area contributed by atoms with Crippen LogP contribution >= 0.6 is 11.3 Å². The maximum Gasteiger partial charge on any atom is 0.243 e.